The molecular weight excluding hydrogens is 264 g/mol. The molecule has 1 fully saturated rings. The van der Waals surface area contributed by atoms with Gasteiger partial charge in [-0.1, -0.05) is 20.3 Å². The quantitative estimate of drug-likeness (QED) is 0.522. The molecule has 2 unspecified atom stereocenters. The smallest absolute Gasteiger partial charge is 0.347 e. The zero-order valence-corrected chi connectivity index (χ0v) is 12.3. The molecule has 0 bridgehead atoms. The van der Waals surface area contributed by atoms with E-state index in [1.807, 2.05) is 20.8 Å². The first-order chi connectivity index (χ1) is 9.42. The number of hydrogen-bond acceptors (Lipinski definition) is 6. The molecule has 1 aliphatic heterocycles. The van der Waals surface area contributed by atoms with Gasteiger partial charge in [0.2, 0.25) is 6.10 Å². The molecule has 6 heteroatoms. The maximum absolute atomic E-state index is 12.0. The predicted molar refractivity (Wildman–Crippen MR) is 69.7 cm³/mol. The molecule has 1 heterocycles. The highest BCUT2D eigenvalue weighted by atomic mass is 16.6. The van der Waals surface area contributed by atoms with E-state index in [1.54, 1.807) is 0 Å². The van der Waals surface area contributed by atoms with Crippen molar-refractivity contribution in [1.82, 2.24) is 0 Å². The molecule has 0 saturated carbocycles. The molecule has 114 valence electrons. The molecule has 0 aromatic carbocycles. The van der Waals surface area contributed by atoms with E-state index in [4.69, 9.17) is 9.47 Å². The molecule has 1 saturated heterocycles. The zero-order valence-electron chi connectivity index (χ0n) is 12.3. The molecule has 0 N–H and O–H groups in total. The van der Waals surface area contributed by atoms with E-state index >= 15 is 0 Å². The number of ether oxygens (including phenoxy) is 3. The molecule has 0 spiro atoms. The van der Waals surface area contributed by atoms with Crippen LogP contribution in [0.5, 0.6) is 0 Å². The second-order valence-corrected chi connectivity index (χ2v) is 5.18. The second-order valence-electron chi connectivity index (χ2n) is 5.18. The molecule has 6 nitrogen and oxygen atoms in total. The Morgan fingerprint density at radius 2 is 2.10 bits per heavy atom. The van der Waals surface area contributed by atoms with Crippen molar-refractivity contribution in [3.8, 4) is 0 Å². The topological polar surface area (TPSA) is 78.9 Å². The summed E-state index contributed by atoms with van der Waals surface area (Å²) in [5.74, 6) is -1.68. The third-order valence-electron chi connectivity index (χ3n) is 3.56. The summed E-state index contributed by atoms with van der Waals surface area (Å²) >= 11 is 0. The monoisotopic (exact) mass is 286 g/mol. The summed E-state index contributed by atoms with van der Waals surface area (Å²) in [6.07, 6.45) is 1.68. The van der Waals surface area contributed by atoms with Crippen LogP contribution in [0.1, 0.15) is 46.5 Å². The molecule has 0 radical (unpaired) electrons. The van der Waals surface area contributed by atoms with E-state index in [2.05, 4.69) is 4.74 Å². The molecule has 0 aromatic heterocycles. The van der Waals surface area contributed by atoms with Gasteiger partial charge in [0.25, 0.3) is 0 Å². The van der Waals surface area contributed by atoms with Crippen LogP contribution in [0, 0.1) is 5.41 Å². The summed E-state index contributed by atoms with van der Waals surface area (Å²) in [6.45, 7) is 5.49. The summed E-state index contributed by atoms with van der Waals surface area (Å²) < 4.78 is 14.6. The normalized spacial score (nSPS) is 20.9. The van der Waals surface area contributed by atoms with E-state index in [1.165, 1.54) is 0 Å². The Labute approximate surface area is 118 Å². The Kier molecular flexibility index (Phi) is 5.98. The van der Waals surface area contributed by atoms with Crippen molar-refractivity contribution in [2.45, 2.75) is 52.6 Å². The lowest BCUT2D eigenvalue weighted by atomic mass is 9.83. The van der Waals surface area contributed by atoms with Crippen molar-refractivity contribution in [3.63, 3.8) is 0 Å². The van der Waals surface area contributed by atoms with Gasteiger partial charge in [-0.05, 0) is 19.8 Å². The van der Waals surface area contributed by atoms with Crippen LogP contribution in [0.25, 0.3) is 0 Å². The fourth-order valence-corrected chi connectivity index (χ4v) is 2.05. The van der Waals surface area contributed by atoms with Gasteiger partial charge in [-0.2, -0.15) is 0 Å². The van der Waals surface area contributed by atoms with Gasteiger partial charge >= 0.3 is 17.9 Å². The SMILES string of the molecule is CCCC(C)(CC)C(=O)OCC(=O)OC1CCOC1=O. The summed E-state index contributed by atoms with van der Waals surface area (Å²) in [6, 6.07) is 0. The first kappa shape index (κ1) is 16.5. The fourth-order valence-electron chi connectivity index (χ4n) is 2.05. The van der Waals surface area contributed by atoms with Crippen LogP contribution >= 0.6 is 0 Å². The molecule has 20 heavy (non-hydrogen) atoms. The highest BCUT2D eigenvalue weighted by Crippen LogP contribution is 2.28. The summed E-state index contributed by atoms with van der Waals surface area (Å²) in [5.41, 5.74) is -0.582. The van der Waals surface area contributed by atoms with Crippen LogP contribution in [0.15, 0.2) is 0 Å². The van der Waals surface area contributed by atoms with Gasteiger partial charge in [0.05, 0.1) is 12.0 Å². The molecule has 0 aliphatic carbocycles. The Balaban J connectivity index is 2.40. The van der Waals surface area contributed by atoms with E-state index in [0.29, 0.717) is 19.3 Å². The Morgan fingerprint density at radius 3 is 2.60 bits per heavy atom. The van der Waals surface area contributed by atoms with Crippen molar-refractivity contribution < 1.29 is 28.6 Å². The maximum Gasteiger partial charge on any atom is 0.347 e. The lowest BCUT2D eigenvalue weighted by Gasteiger charge is -2.25. The third kappa shape index (κ3) is 4.21. The number of hydrogen-bond donors (Lipinski definition) is 0. The van der Waals surface area contributed by atoms with Crippen molar-refractivity contribution >= 4 is 17.9 Å². The lowest BCUT2D eigenvalue weighted by molar-refractivity contribution is -0.170. The number of carbonyl (C=O) groups excluding carboxylic acids is 3. The first-order valence-electron chi connectivity index (χ1n) is 6.96. The standard InChI is InChI=1S/C14H22O6/c1-4-7-14(3,5-2)13(17)19-9-11(15)20-10-6-8-18-12(10)16/h10H,4-9H2,1-3H3. The highest BCUT2D eigenvalue weighted by Gasteiger charge is 2.34. The molecule has 0 aromatic rings. The minimum absolute atomic E-state index is 0.251. The fraction of sp³-hybridized carbons (Fsp3) is 0.786. The third-order valence-corrected chi connectivity index (χ3v) is 3.56. The molecular formula is C14H22O6. The summed E-state index contributed by atoms with van der Waals surface area (Å²) in [5, 5.41) is 0. The minimum atomic E-state index is -0.866. The summed E-state index contributed by atoms with van der Waals surface area (Å²) in [4.78, 5) is 34.6. The van der Waals surface area contributed by atoms with Gasteiger partial charge in [-0.15, -0.1) is 0 Å². The van der Waals surface area contributed by atoms with Gasteiger partial charge in [0, 0.05) is 6.42 Å². The van der Waals surface area contributed by atoms with Crippen LogP contribution in [-0.4, -0.2) is 37.2 Å². The van der Waals surface area contributed by atoms with Crippen LogP contribution < -0.4 is 0 Å². The number of carbonyl (C=O) groups is 3. The van der Waals surface area contributed by atoms with Crippen molar-refractivity contribution in [1.29, 1.82) is 0 Å². The van der Waals surface area contributed by atoms with E-state index in [0.717, 1.165) is 6.42 Å². The van der Waals surface area contributed by atoms with Gasteiger partial charge < -0.3 is 14.2 Å². The number of rotatable bonds is 7. The van der Waals surface area contributed by atoms with Crippen LogP contribution in [0.4, 0.5) is 0 Å². The van der Waals surface area contributed by atoms with E-state index in [-0.39, 0.29) is 6.61 Å². The first-order valence-corrected chi connectivity index (χ1v) is 6.96. The van der Waals surface area contributed by atoms with Gasteiger partial charge in [-0.3, -0.25) is 4.79 Å². The predicted octanol–water partition coefficient (Wildman–Crippen LogP) is 1.60. The number of esters is 3. The van der Waals surface area contributed by atoms with Crippen LogP contribution in [0.2, 0.25) is 0 Å². The minimum Gasteiger partial charge on any atom is -0.463 e. The van der Waals surface area contributed by atoms with Crippen molar-refractivity contribution in [2.75, 3.05) is 13.2 Å². The van der Waals surface area contributed by atoms with Crippen LogP contribution in [-0.2, 0) is 28.6 Å². The van der Waals surface area contributed by atoms with Gasteiger partial charge in [0.1, 0.15) is 0 Å². The molecule has 1 rings (SSSR count). The highest BCUT2D eigenvalue weighted by molar-refractivity contribution is 5.83. The zero-order chi connectivity index (χ0) is 15.2. The Bertz CT molecular complexity index is 378. The van der Waals surface area contributed by atoms with Crippen molar-refractivity contribution in [3.05, 3.63) is 0 Å². The number of cyclic esters (lactones) is 1. The van der Waals surface area contributed by atoms with Crippen molar-refractivity contribution in [2.24, 2.45) is 5.41 Å². The lowest BCUT2D eigenvalue weighted by Crippen LogP contribution is -2.32. The maximum atomic E-state index is 12.0. The van der Waals surface area contributed by atoms with Gasteiger partial charge in [-0.25, -0.2) is 9.59 Å². The second kappa shape index (κ2) is 7.26. The Hall–Kier alpha value is -1.59. The average Bonchev–Trinajstić information content (AvgIpc) is 2.81. The Morgan fingerprint density at radius 1 is 1.40 bits per heavy atom. The molecule has 2 atom stereocenters. The largest absolute Gasteiger partial charge is 0.463 e. The van der Waals surface area contributed by atoms with Gasteiger partial charge in [0.15, 0.2) is 6.61 Å². The van der Waals surface area contributed by atoms with E-state index < -0.39 is 36.0 Å². The molecule has 1 aliphatic rings. The van der Waals surface area contributed by atoms with E-state index in [9.17, 15) is 14.4 Å². The molecule has 0 amide bonds. The summed E-state index contributed by atoms with van der Waals surface area (Å²) in [7, 11) is 0. The average molecular weight is 286 g/mol. The van der Waals surface area contributed by atoms with Crippen LogP contribution in [0.3, 0.4) is 0 Å².